The molecule has 0 amide bonds. The lowest BCUT2D eigenvalue weighted by Crippen LogP contribution is -2.36. The van der Waals surface area contributed by atoms with Crippen LogP contribution in [0, 0.1) is 5.41 Å². The molecule has 0 aromatic carbocycles. The standard InChI is InChI=1S/C8H17NO3S/c1-8(2,5-10)6-13(11,12)9-7-3-4-7/h7,9-10H,3-6H2,1-2H3. The van der Waals surface area contributed by atoms with E-state index in [1.54, 1.807) is 13.8 Å². The van der Waals surface area contributed by atoms with Crippen molar-refractivity contribution in [2.75, 3.05) is 12.4 Å². The van der Waals surface area contributed by atoms with Crippen LogP contribution in [0.4, 0.5) is 0 Å². The Kier molecular flexibility index (Phi) is 2.99. The predicted molar refractivity (Wildman–Crippen MR) is 50.8 cm³/mol. The zero-order valence-corrected chi connectivity index (χ0v) is 8.89. The molecule has 0 aliphatic heterocycles. The molecule has 1 aliphatic carbocycles. The van der Waals surface area contributed by atoms with E-state index >= 15 is 0 Å². The van der Waals surface area contributed by atoms with E-state index in [4.69, 9.17) is 5.11 Å². The molecule has 0 heterocycles. The lowest BCUT2D eigenvalue weighted by Gasteiger charge is -2.21. The first kappa shape index (κ1) is 10.9. The van der Waals surface area contributed by atoms with E-state index in [1.165, 1.54) is 0 Å². The first-order valence-electron chi connectivity index (χ1n) is 4.45. The van der Waals surface area contributed by atoms with Crippen molar-refractivity contribution in [3.8, 4) is 0 Å². The van der Waals surface area contributed by atoms with E-state index in [0.717, 1.165) is 12.8 Å². The predicted octanol–water partition coefficient (Wildman–Crippen LogP) is 0.0867. The van der Waals surface area contributed by atoms with E-state index < -0.39 is 15.4 Å². The smallest absolute Gasteiger partial charge is 0.212 e. The molecule has 0 saturated heterocycles. The molecule has 5 heteroatoms. The molecule has 0 radical (unpaired) electrons. The summed E-state index contributed by atoms with van der Waals surface area (Å²) >= 11 is 0. The van der Waals surface area contributed by atoms with Crippen molar-refractivity contribution in [2.24, 2.45) is 5.41 Å². The molecule has 0 aromatic heterocycles. The Balaban J connectivity index is 2.49. The van der Waals surface area contributed by atoms with Crippen molar-refractivity contribution in [2.45, 2.75) is 32.7 Å². The van der Waals surface area contributed by atoms with Gasteiger partial charge in [0.25, 0.3) is 0 Å². The molecule has 13 heavy (non-hydrogen) atoms. The summed E-state index contributed by atoms with van der Waals surface area (Å²) in [7, 11) is -3.20. The number of hydrogen-bond acceptors (Lipinski definition) is 3. The Morgan fingerprint density at radius 2 is 2.00 bits per heavy atom. The molecule has 1 rings (SSSR count). The summed E-state index contributed by atoms with van der Waals surface area (Å²) in [5.41, 5.74) is -0.555. The van der Waals surface area contributed by atoms with E-state index in [2.05, 4.69) is 4.72 Å². The van der Waals surface area contributed by atoms with Gasteiger partial charge in [-0.25, -0.2) is 13.1 Å². The SMILES string of the molecule is CC(C)(CO)CS(=O)(=O)NC1CC1. The fraction of sp³-hybridized carbons (Fsp3) is 1.00. The minimum Gasteiger partial charge on any atom is -0.396 e. The van der Waals surface area contributed by atoms with Gasteiger partial charge in [-0.2, -0.15) is 0 Å². The summed E-state index contributed by atoms with van der Waals surface area (Å²) in [6, 6.07) is 0.152. The summed E-state index contributed by atoms with van der Waals surface area (Å²) < 4.78 is 25.4. The maximum absolute atomic E-state index is 11.4. The summed E-state index contributed by atoms with van der Waals surface area (Å²) in [4.78, 5) is 0. The fourth-order valence-electron chi connectivity index (χ4n) is 1.06. The molecule has 78 valence electrons. The van der Waals surface area contributed by atoms with E-state index in [9.17, 15) is 8.42 Å². The van der Waals surface area contributed by atoms with Crippen LogP contribution in [0.2, 0.25) is 0 Å². The van der Waals surface area contributed by atoms with Crippen LogP contribution in [-0.4, -0.2) is 31.9 Å². The molecule has 0 spiro atoms. The van der Waals surface area contributed by atoms with Crippen molar-refractivity contribution >= 4 is 10.0 Å². The monoisotopic (exact) mass is 207 g/mol. The Morgan fingerprint density at radius 1 is 1.46 bits per heavy atom. The van der Waals surface area contributed by atoms with Gasteiger partial charge >= 0.3 is 0 Å². The first-order valence-corrected chi connectivity index (χ1v) is 6.11. The van der Waals surface area contributed by atoms with Gasteiger partial charge in [0, 0.05) is 18.1 Å². The van der Waals surface area contributed by atoms with Crippen LogP contribution in [0.25, 0.3) is 0 Å². The average molecular weight is 207 g/mol. The van der Waals surface area contributed by atoms with Gasteiger partial charge < -0.3 is 5.11 Å². The normalized spacial score (nSPS) is 19.0. The van der Waals surface area contributed by atoms with E-state index in [0.29, 0.717) is 0 Å². The second kappa shape index (κ2) is 3.55. The Hall–Kier alpha value is -0.130. The van der Waals surface area contributed by atoms with Crippen LogP contribution in [0.3, 0.4) is 0 Å². The van der Waals surface area contributed by atoms with Crippen LogP contribution in [0.5, 0.6) is 0 Å². The third-order valence-corrected chi connectivity index (χ3v) is 3.79. The Labute approximate surface area is 79.4 Å². The minimum absolute atomic E-state index is 0.00694. The van der Waals surface area contributed by atoms with Gasteiger partial charge in [-0.15, -0.1) is 0 Å². The highest BCUT2D eigenvalue weighted by molar-refractivity contribution is 7.89. The highest BCUT2D eigenvalue weighted by atomic mass is 32.2. The number of sulfonamides is 1. The molecule has 0 aromatic rings. The van der Waals surface area contributed by atoms with Crippen LogP contribution in [0.1, 0.15) is 26.7 Å². The summed E-state index contributed by atoms with van der Waals surface area (Å²) in [6.07, 6.45) is 1.89. The third-order valence-electron chi connectivity index (χ3n) is 1.93. The van der Waals surface area contributed by atoms with Gasteiger partial charge in [-0.1, -0.05) is 13.8 Å². The van der Waals surface area contributed by atoms with Gasteiger partial charge in [0.05, 0.1) is 5.75 Å². The molecule has 1 saturated carbocycles. The van der Waals surface area contributed by atoms with Crippen LogP contribution in [0.15, 0.2) is 0 Å². The second-order valence-corrected chi connectivity index (χ2v) is 6.23. The lowest BCUT2D eigenvalue weighted by atomic mass is 9.98. The largest absolute Gasteiger partial charge is 0.396 e. The Bertz CT molecular complexity index is 267. The summed E-state index contributed by atoms with van der Waals surface area (Å²) in [5.74, 6) is -0.00694. The van der Waals surface area contributed by atoms with Crippen LogP contribution < -0.4 is 4.72 Å². The molecule has 2 N–H and O–H groups in total. The highest BCUT2D eigenvalue weighted by Gasteiger charge is 2.31. The van der Waals surface area contributed by atoms with Gasteiger partial charge in [-0.3, -0.25) is 0 Å². The molecule has 0 unspecified atom stereocenters. The Morgan fingerprint density at radius 3 is 2.38 bits per heavy atom. The second-order valence-electron chi connectivity index (χ2n) is 4.47. The third kappa shape index (κ3) is 4.06. The number of aliphatic hydroxyl groups excluding tert-OH is 1. The van der Waals surface area contributed by atoms with Gasteiger partial charge in [0.1, 0.15) is 0 Å². The number of aliphatic hydroxyl groups is 1. The van der Waals surface area contributed by atoms with Gasteiger partial charge in [-0.05, 0) is 12.8 Å². The molecular weight excluding hydrogens is 190 g/mol. The lowest BCUT2D eigenvalue weighted by molar-refractivity contribution is 0.178. The van der Waals surface area contributed by atoms with Gasteiger partial charge in [0.2, 0.25) is 10.0 Å². The first-order chi connectivity index (χ1) is 5.85. The number of hydrogen-bond donors (Lipinski definition) is 2. The average Bonchev–Trinajstić information content (AvgIpc) is 2.68. The summed E-state index contributed by atoms with van der Waals surface area (Å²) in [6.45, 7) is 3.36. The van der Waals surface area contributed by atoms with Crippen molar-refractivity contribution in [3.63, 3.8) is 0 Å². The van der Waals surface area contributed by atoms with Gasteiger partial charge in [0.15, 0.2) is 0 Å². The van der Waals surface area contributed by atoms with E-state index in [1.807, 2.05) is 0 Å². The topological polar surface area (TPSA) is 66.4 Å². The fourth-order valence-corrected chi connectivity index (χ4v) is 3.00. The zero-order valence-electron chi connectivity index (χ0n) is 8.08. The maximum Gasteiger partial charge on any atom is 0.212 e. The number of rotatable bonds is 5. The molecule has 0 bridgehead atoms. The zero-order chi connectivity index (χ0) is 10.1. The van der Waals surface area contributed by atoms with Crippen LogP contribution in [-0.2, 0) is 10.0 Å². The molecule has 1 fully saturated rings. The molecular formula is C8H17NO3S. The van der Waals surface area contributed by atoms with E-state index in [-0.39, 0.29) is 18.4 Å². The molecule has 1 aliphatic rings. The number of nitrogens with one attached hydrogen (secondary N) is 1. The highest BCUT2D eigenvalue weighted by Crippen LogP contribution is 2.22. The summed E-state index contributed by atoms with van der Waals surface area (Å²) in [5, 5.41) is 8.91. The van der Waals surface area contributed by atoms with Crippen LogP contribution >= 0.6 is 0 Å². The maximum atomic E-state index is 11.4. The van der Waals surface area contributed by atoms with Crippen molar-refractivity contribution in [1.82, 2.24) is 4.72 Å². The molecule has 0 atom stereocenters. The van der Waals surface area contributed by atoms with Crippen molar-refractivity contribution < 1.29 is 13.5 Å². The van der Waals surface area contributed by atoms with Crippen molar-refractivity contribution in [1.29, 1.82) is 0 Å². The quantitative estimate of drug-likeness (QED) is 0.671. The minimum atomic E-state index is -3.20. The van der Waals surface area contributed by atoms with Crippen molar-refractivity contribution in [3.05, 3.63) is 0 Å². The molecule has 4 nitrogen and oxygen atoms in total.